The van der Waals surface area contributed by atoms with Crippen LogP contribution in [-0.4, -0.2) is 36.5 Å². The van der Waals surface area contributed by atoms with Crippen LogP contribution in [0.2, 0.25) is 0 Å². The molecule has 3 nitrogen and oxygen atoms in total. The summed E-state index contributed by atoms with van der Waals surface area (Å²) < 4.78 is 0. The van der Waals surface area contributed by atoms with E-state index >= 15 is 0 Å². The highest BCUT2D eigenvalue weighted by molar-refractivity contribution is 5.78. The van der Waals surface area contributed by atoms with Gasteiger partial charge in [-0.05, 0) is 31.6 Å². The van der Waals surface area contributed by atoms with Gasteiger partial charge in [-0.3, -0.25) is 4.79 Å². The molecule has 0 aromatic carbocycles. The quantitative estimate of drug-likeness (QED) is 0.727. The highest BCUT2D eigenvalue weighted by atomic mass is 16.2. The van der Waals surface area contributed by atoms with Gasteiger partial charge in [0.25, 0.3) is 0 Å². The average molecular weight is 196 g/mol. The van der Waals surface area contributed by atoms with Gasteiger partial charge in [0, 0.05) is 19.1 Å². The molecule has 0 saturated heterocycles. The zero-order valence-electron chi connectivity index (χ0n) is 9.12. The molecule has 2 fully saturated rings. The highest BCUT2D eigenvalue weighted by Crippen LogP contribution is 2.27. The summed E-state index contributed by atoms with van der Waals surface area (Å²) in [6.45, 7) is 2.79. The lowest BCUT2D eigenvalue weighted by Crippen LogP contribution is -2.45. The number of carbonyl (C=O) groups excluding carboxylic acids is 1. The second-order valence-corrected chi connectivity index (χ2v) is 4.89. The molecule has 3 heteroatoms. The Morgan fingerprint density at radius 3 is 2.57 bits per heavy atom. The van der Waals surface area contributed by atoms with Crippen molar-refractivity contribution in [1.82, 2.24) is 10.2 Å². The summed E-state index contributed by atoms with van der Waals surface area (Å²) in [5.74, 6) is 1.11. The highest BCUT2D eigenvalue weighted by Gasteiger charge is 2.30. The molecule has 0 unspecified atom stereocenters. The Hall–Kier alpha value is -0.570. The van der Waals surface area contributed by atoms with Crippen LogP contribution in [0, 0.1) is 5.92 Å². The summed E-state index contributed by atoms with van der Waals surface area (Å²) in [5.41, 5.74) is 0. The number of hydrogen-bond donors (Lipinski definition) is 1. The molecule has 2 rings (SSSR count). The molecule has 14 heavy (non-hydrogen) atoms. The smallest absolute Gasteiger partial charge is 0.236 e. The zero-order chi connectivity index (χ0) is 10.1. The summed E-state index contributed by atoms with van der Waals surface area (Å²) in [6, 6.07) is 1.14. The molecule has 0 aliphatic heterocycles. The van der Waals surface area contributed by atoms with Gasteiger partial charge in [0.15, 0.2) is 0 Å². The molecule has 2 saturated carbocycles. The van der Waals surface area contributed by atoms with Gasteiger partial charge in [-0.15, -0.1) is 0 Å². The van der Waals surface area contributed by atoms with Crippen molar-refractivity contribution in [1.29, 1.82) is 0 Å². The van der Waals surface area contributed by atoms with E-state index in [9.17, 15) is 4.79 Å². The standard InChI is InChI=1S/C11H20N2O/c1-8-5-9(6-8)12-7-11(14)13(2)10-3-4-10/h8-10,12H,3-7H2,1-2H3. The first-order valence-electron chi connectivity index (χ1n) is 5.66. The molecule has 0 aromatic heterocycles. The van der Waals surface area contributed by atoms with Crippen molar-refractivity contribution in [3.63, 3.8) is 0 Å². The molecular formula is C11H20N2O. The third-order valence-corrected chi connectivity index (χ3v) is 3.40. The molecule has 2 aliphatic carbocycles. The lowest BCUT2D eigenvalue weighted by molar-refractivity contribution is -0.129. The molecule has 0 spiro atoms. The third-order valence-electron chi connectivity index (χ3n) is 3.40. The van der Waals surface area contributed by atoms with Gasteiger partial charge in [0.2, 0.25) is 5.91 Å². The van der Waals surface area contributed by atoms with Crippen LogP contribution >= 0.6 is 0 Å². The molecule has 80 valence electrons. The van der Waals surface area contributed by atoms with Gasteiger partial charge < -0.3 is 10.2 Å². The van der Waals surface area contributed by atoms with Crippen molar-refractivity contribution in [3.05, 3.63) is 0 Å². The molecule has 1 amide bonds. The number of carbonyl (C=O) groups is 1. The van der Waals surface area contributed by atoms with E-state index in [0.717, 1.165) is 5.92 Å². The first kappa shape index (κ1) is 9.97. The second kappa shape index (κ2) is 3.89. The number of amides is 1. The van der Waals surface area contributed by atoms with E-state index in [-0.39, 0.29) is 5.91 Å². The van der Waals surface area contributed by atoms with E-state index in [1.165, 1.54) is 25.7 Å². The predicted octanol–water partition coefficient (Wildman–Crippen LogP) is 0.995. The molecule has 1 N–H and O–H groups in total. The number of likely N-dealkylation sites (N-methyl/N-ethyl adjacent to an activating group) is 1. The van der Waals surface area contributed by atoms with Crippen LogP contribution in [0.1, 0.15) is 32.6 Å². The van der Waals surface area contributed by atoms with Gasteiger partial charge in [0.05, 0.1) is 6.54 Å². The first-order valence-corrected chi connectivity index (χ1v) is 5.66. The Kier molecular flexibility index (Phi) is 2.77. The number of nitrogens with zero attached hydrogens (tertiary/aromatic N) is 1. The molecule has 0 bridgehead atoms. The fourth-order valence-electron chi connectivity index (χ4n) is 2.09. The van der Waals surface area contributed by atoms with E-state index in [1.54, 1.807) is 0 Å². The van der Waals surface area contributed by atoms with Gasteiger partial charge in [0.1, 0.15) is 0 Å². The fourth-order valence-corrected chi connectivity index (χ4v) is 2.09. The van der Waals surface area contributed by atoms with Crippen molar-refractivity contribution >= 4 is 5.91 Å². The van der Waals surface area contributed by atoms with Crippen LogP contribution in [0.15, 0.2) is 0 Å². The van der Waals surface area contributed by atoms with Crippen molar-refractivity contribution in [3.8, 4) is 0 Å². The first-order chi connectivity index (χ1) is 6.66. The van der Waals surface area contributed by atoms with Crippen molar-refractivity contribution in [2.24, 2.45) is 5.92 Å². The Bertz CT molecular complexity index is 219. The average Bonchev–Trinajstić information content (AvgIpc) is 2.91. The fraction of sp³-hybridized carbons (Fsp3) is 0.909. The SMILES string of the molecule is CC1CC(NCC(=O)N(C)C2CC2)C1. The van der Waals surface area contributed by atoms with Crippen LogP contribution in [-0.2, 0) is 4.79 Å². The maximum absolute atomic E-state index is 11.6. The molecular weight excluding hydrogens is 176 g/mol. The van der Waals surface area contributed by atoms with E-state index in [1.807, 2.05) is 11.9 Å². The van der Waals surface area contributed by atoms with Crippen LogP contribution in [0.3, 0.4) is 0 Å². The van der Waals surface area contributed by atoms with Crippen LogP contribution in [0.4, 0.5) is 0 Å². The lowest BCUT2D eigenvalue weighted by Gasteiger charge is -2.33. The van der Waals surface area contributed by atoms with E-state index in [2.05, 4.69) is 12.2 Å². The van der Waals surface area contributed by atoms with E-state index in [0.29, 0.717) is 18.6 Å². The Balaban J connectivity index is 1.62. The van der Waals surface area contributed by atoms with Crippen LogP contribution in [0.5, 0.6) is 0 Å². The Labute approximate surface area is 85.8 Å². The molecule has 0 heterocycles. The molecule has 2 aliphatic rings. The minimum atomic E-state index is 0.257. The lowest BCUT2D eigenvalue weighted by atomic mass is 9.82. The van der Waals surface area contributed by atoms with Crippen molar-refractivity contribution in [2.45, 2.75) is 44.7 Å². The topological polar surface area (TPSA) is 32.3 Å². The number of rotatable bonds is 4. The van der Waals surface area contributed by atoms with E-state index in [4.69, 9.17) is 0 Å². The van der Waals surface area contributed by atoms with Gasteiger partial charge in [-0.25, -0.2) is 0 Å². The van der Waals surface area contributed by atoms with Crippen LogP contribution < -0.4 is 5.32 Å². The van der Waals surface area contributed by atoms with Gasteiger partial charge in [-0.1, -0.05) is 6.92 Å². The molecule has 0 radical (unpaired) electrons. The van der Waals surface area contributed by atoms with Gasteiger partial charge >= 0.3 is 0 Å². The Morgan fingerprint density at radius 1 is 1.43 bits per heavy atom. The number of nitrogens with one attached hydrogen (secondary N) is 1. The summed E-state index contributed by atoms with van der Waals surface area (Å²) in [7, 11) is 1.92. The summed E-state index contributed by atoms with van der Waals surface area (Å²) in [5, 5.41) is 3.32. The molecule has 0 atom stereocenters. The predicted molar refractivity (Wildman–Crippen MR) is 56.0 cm³/mol. The summed E-state index contributed by atoms with van der Waals surface area (Å²) >= 11 is 0. The Morgan fingerprint density at radius 2 is 2.07 bits per heavy atom. The normalized spacial score (nSPS) is 31.0. The monoisotopic (exact) mass is 196 g/mol. The largest absolute Gasteiger partial charge is 0.342 e. The molecule has 0 aromatic rings. The van der Waals surface area contributed by atoms with E-state index < -0.39 is 0 Å². The summed E-state index contributed by atoms with van der Waals surface area (Å²) in [6.07, 6.45) is 4.87. The minimum Gasteiger partial charge on any atom is -0.342 e. The zero-order valence-corrected chi connectivity index (χ0v) is 9.12. The van der Waals surface area contributed by atoms with Crippen LogP contribution in [0.25, 0.3) is 0 Å². The number of hydrogen-bond acceptors (Lipinski definition) is 2. The van der Waals surface area contributed by atoms with Crippen molar-refractivity contribution in [2.75, 3.05) is 13.6 Å². The maximum Gasteiger partial charge on any atom is 0.236 e. The van der Waals surface area contributed by atoms with Gasteiger partial charge in [-0.2, -0.15) is 0 Å². The van der Waals surface area contributed by atoms with Crippen molar-refractivity contribution < 1.29 is 4.79 Å². The third kappa shape index (κ3) is 2.27. The maximum atomic E-state index is 11.6. The second-order valence-electron chi connectivity index (χ2n) is 4.89. The summed E-state index contributed by atoms with van der Waals surface area (Å²) in [4.78, 5) is 13.5. The minimum absolute atomic E-state index is 0.257.